The van der Waals surface area contributed by atoms with E-state index >= 15 is 0 Å². The van der Waals surface area contributed by atoms with Gasteiger partial charge in [-0.25, -0.2) is 0 Å². The van der Waals surface area contributed by atoms with E-state index in [9.17, 15) is 0 Å². The van der Waals surface area contributed by atoms with Crippen molar-refractivity contribution in [2.45, 2.75) is 37.2 Å². The molecule has 0 bridgehead atoms. The summed E-state index contributed by atoms with van der Waals surface area (Å²) in [5.41, 5.74) is 16.3. The molecular formula is C35H31Cl2Zr. The molecule has 0 saturated carbocycles. The van der Waals surface area contributed by atoms with Gasteiger partial charge in [0.1, 0.15) is 0 Å². The first-order valence-electron chi connectivity index (χ1n) is 13.0. The zero-order valence-electron chi connectivity index (χ0n) is 22.1. The second kappa shape index (κ2) is 12.3. The van der Waals surface area contributed by atoms with Crippen LogP contribution in [0.2, 0.25) is 0 Å². The summed E-state index contributed by atoms with van der Waals surface area (Å²) in [6.45, 7) is 6.91. The van der Waals surface area contributed by atoms with Crippen LogP contribution in [-0.2, 0) is 29.2 Å². The van der Waals surface area contributed by atoms with Gasteiger partial charge in [-0.2, -0.15) is 0 Å². The Balaban J connectivity index is 0.00000168. The molecule has 1 atom stereocenters. The van der Waals surface area contributed by atoms with Crippen LogP contribution >= 0.6 is 0 Å². The minimum atomic E-state index is -1.13. The van der Waals surface area contributed by atoms with Crippen molar-refractivity contribution in [3.63, 3.8) is 0 Å². The maximum atomic E-state index is 2.52. The van der Waals surface area contributed by atoms with Crippen molar-refractivity contribution in [3.05, 3.63) is 148 Å². The maximum absolute atomic E-state index is 2.52. The average molecular weight is 614 g/mol. The molecule has 0 heterocycles. The van der Waals surface area contributed by atoms with E-state index in [1.165, 1.54) is 50.1 Å². The molecule has 0 aromatic heterocycles. The molecule has 0 N–H and O–H groups in total. The molecule has 0 fully saturated rings. The van der Waals surface area contributed by atoms with E-state index in [1.807, 2.05) is 0 Å². The van der Waals surface area contributed by atoms with Crippen molar-refractivity contribution < 1.29 is 47.6 Å². The van der Waals surface area contributed by atoms with Gasteiger partial charge in [0.25, 0.3) is 0 Å². The topological polar surface area (TPSA) is 0 Å². The number of halogens is 2. The van der Waals surface area contributed by atoms with Gasteiger partial charge < -0.3 is 24.8 Å². The Morgan fingerprint density at radius 1 is 0.816 bits per heavy atom. The number of hydrogen-bond donors (Lipinski definition) is 0. The van der Waals surface area contributed by atoms with Crippen LogP contribution in [0.15, 0.2) is 103 Å². The Morgan fingerprint density at radius 3 is 2.05 bits per heavy atom. The summed E-state index contributed by atoms with van der Waals surface area (Å²) in [6, 6.07) is 32.0. The van der Waals surface area contributed by atoms with Gasteiger partial charge in [0.2, 0.25) is 0 Å². The Bertz CT molecular complexity index is 1500. The van der Waals surface area contributed by atoms with Crippen molar-refractivity contribution in [1.82, 2.24) is 0 Å². The molecule has 0 radical (unpaired) electrons. The molecule has 0 amide bonds. The minimum absolute atomic E-state index is 0. The van der Waals surface area contributed by atoms with Gasteiger partial charge in [-0.3, -0.25) is 0 Å². The smallest absolute Gasteiger partial charge is 1.00 e. The average Bonchev–Trinajstić information content (AvgIpc) is 3.54. The molecule has 0 saturated heterocycles. The monoisotopic (exact) mass is 611 g/mol. The quantitative estimate of drug-likeness (QED) is 0.325. The van der Waals surface area contributed by atoms with Gasteiger partial charge in [-0.1, -0.05) is 0 Å². The zero-order valence-corrected chi connectivity index (χ0v) is 26.0. The first-order valence-corrected chi connectivity index (χ1v) is 15.7. The second-order valence-electron chi connectivity index (χ2n) is 9.95. The summed E-state index contributed by atoms with van der Waals surface area (Å²) in [5, 5.41) is 0. The van der Waals surface area contributed by atoms with E-state index in [-0.39, 0.29) is 24.8 Å². The fourth-order valence-electron chi connectivity index (χ4n) is 5.95. The minimum Gasteiger partial charge on any atom is -1.00 e. The molecule has 2 aliphatic carbocycles. The number of benzene rings is 4. The molecule has 3 heteroatoms. The SMILES string of the molecule is CCc1cc2c(c(C3=CC=CC3)c1C)[CH]([Zr+2]=[C](c1ccccc1)c1ccccc1)c1cc(C)ccc1-2.[Cl-].[Cl-]. The molecule has 0 aliphatic heterocycles. The summed E-state index contributed by atoms with van der Waals surface area (Å²) < 4.78 is 2.09. The molecule has 0 nitrogen and oxygen atoms in total. The maximum Gasteiger partial charge on any atom is -1.00 e. The second-order valence-corrected chi connectivity index (χ2v) is 13.3. The third-order valence-electron chi connectivity index (χ3n) is 7.72. The Kier molecular flexibility index (Phi) is 9.25. The van der Waals surface area contributed by atoms with Gasteiger partial charge in [-0.05, 0) is 0 Å². The van der Waals surface area contributed by atoms with Crippen LogP contribution in [0.25, 0.3) is 16.7 Å². The molecule has 38 heavy (non-hydrogen) atoms. The number of aryl methyl sites for hydroxylation is 2. The Hall–Kier alpha value is -2.31. The molecule has 1 unspecified atom stereocenters. The molecule has 4 aromatic rings. The van der Waals surface area contributed by atoms with Crippen LogP contribution in [0.3, 0.4) is 0 Å². The molecule has 2 aliphatic rings. The van der Waals surface area contributed by atoms with Gasteiger partial charge in [0.05, 0.1) is 0 Å². The number of hydrogen-bond acceptors (Lipinski definition) is 0. The molecular weight excluding hydrogens is 583 g/mol. The van der Waals surface area contributed by atoms with Gasteiger partial charge in [0, 0.05) is 0 Å². The summed E-state index contributed by atoms with van der Waals surface area (Å²) in [4.78, 5) is 0. The normalized spacial score (nSPS) is 14.5. The third-order valence-corrected chi connectivity index (χ3v) is 12.0. The molecule has 4 aromatic carbocycles. The zero-order chi connectivity index (χ0) is 24.6. The van der Waals surface area contributed by atoms with Crippen molar-refractivity contribution in [2.24, 2.45) is 0 Å². The largest absolute Gasteiger partial charge is 1.00 e. The summed E-state index contributed by atoms with van der Waals surface area (Å²) in [5.74, 6) is 0. The van der Waals surface area contributed by atoms with Crippen molar-refractivity contribution in [2.75, 3.05) is 0 Å². The van der Waals surface area contributed by atoms with E-state index in [4.69, 9.17) is 0 Å². The van der Waals surface area contributed by atoms with Crippen LogP contribution in [0.5, 0.6) is 0 Å². The Labute approximate surface area is 250 Å². The predicted octanol–water partition coefficient (Wildman–Crippen LogP) is 2.64. The fraction of sp³-hybridized carbons (Fsp3) is 0.171. The van der Waals surface area contributed by atoms with E-state index in [0.717, 1.165) is 12.8 Å². The summed E-state index contributed by atoms with van der Waals surface area (Å²) >= 11 is -1.13. The number of rotatable bonds is 5. The number of fused-ring (bicyclic) bond motifs is 3. The first kappa shape index (κ1) is 28.7. The predicted molar refractivity (Wildman–Crippen MR) is 150 cm³/mol. The van der Waals surface area contributed by atoms with Crippen LogP contribution in [0.1, 0.15) is 61.5 Å². The van der Waals surface area contributed by atoms with E-state index in [0.29, 0.717) is 3.63 Å². The Morgan fingerprint density at radius 2 is 1.47 bits per heavy atom. The van der Waals surface area contributed by atoms with Gasteiger partial charge >= 0.3 is 228 Å². The van der Waals surface area contributed by atoms with E-state index in [1.54, 1.807) is 14.3 Å². The molecule has 6 rings (SSSR count). The third kappa shape index (κ3) is 5.14. The van der Waals surface area contributed by atoms with Crippen molar-refractivity contribution in [3.8, 4) is 11.1 Å². The van der Waals surface area contributed by atoms with E-state index < -0.39 is 22.8 Å². The van der Waals surface area contributed by atoms with Gasteiger partial charge in [-0.15, -0.1) is 0 Å². The van der Waals surface area contributed by atoms with Gasteiger partial charge in [0.15, 0.2) is 0 Å². The standard InChI is InChI=1S/C22H21.C13H10.2ClH.Zr/c1-4-16-12-20-19-10-9-14(2)11-18(19)13-21(20)22(15(16)3)17-7-5-6-8-17;1-3-7-12(8-4-1)11-13-9-5-2-6-10-13;;;/h5-7,9-13H,4,8H2,1-3H3;1-10H;2*1H;/q;;;;+2/p-2. The van der Waals surface area contributed by atoms with Crippen LogP contribution < -0.4 is 24.8 Å². The summed E-state index contributed by atoms with van der Waals surface area (Å²) in [7, 11) is 0. The first-order chi connectivity index (χ1) is 17.7. The van der Waals surface area contributed by atoms with E-state index in [2.05, 4.69) is 124 Å². The van der Waals surface area contributed by atoms with Crippen LogP contribution in [-0.4, -0.2) is 3.21 Å². The number of allylic oxidation sites excluding steroid dienone is 4. The van der Waals surface area contributed by atoms with Crippen LogP contribution in [0.4, 0.5) is 0 Å². The molecule has 189 valence electrons. The fourth-order valence-corrected chi connectivity index (χ4v) is 10.4. The van der Waals surface area contributed by atoms with Crippen LogP contribution in [0, 0.1) is 13.8 Å². The summed E-state index contributed by atoms with van der Waals surface area (Å²) in [6.07, 6.45) is 9.03. The molecule has 0 spiro atoms. The van der Waals surface area contributed by atoms with Crippen molar-refractivity contribution in [1.29, 1.82) is 0 Å². The van der Waals surface area contributed by atoms with Crippen molar-refractivity contribution >= 4 is 8.78 Å².